The van der Waals surface area contributed by atoms with E-state index in [1.165, 1.54) is 4.31 Å². The van der Waals surface area contributed by atoms with Gasteiger partial charge in [-0.25, -0.2) is 13.4 Å². The lowest BCUT2D eigenvalue weighted by atomic mass is 10.2. The summed E-state index contributed by atoms with van der Waals surface area (Å²) in [5.74, 6) is -0.0767. The molecule has 1 aromatic heterocycles. The number of ether oxygens (including phenoxy) is 2. The Morgan fingerprint density at radius 1 is 1.27 bits per heavy atom. The Balaban J connectivity index is 1.52. The zero-order chi connectivity index (χ0) is 18.4. The summed E-state index contributed by atoms with van der Waals surface area (Å²) in [5.41, 5.74) is 0. The molecule has 0 unspecified atom stereocenters. The topological polar surface area (TPSA) is 80.8 Å². The van der Waals surface area contributed by atoms with E-state index in [0.29, 0.717) is 23.5 Å². The molecule has 26 heavy (non-hydrogen) atoms. The first-order valence-electron chi connectivity index (χ1n) is 9.08. The van der Waals surface area contributed by atoms with E-state index < -0.39 is 15.8 Å². The second-order valence-corrected chi connectivity index (χ2v) is 10.2. The van der Waals surface area contributed by atoms with Gasteiger partial charge in [-0.3, -0.25) is 0 Å². The summed E-state index contributed by atoms with van der Waals surface area (Å²) in [7, 11) is -1.97. The monoisotopic (exact) mass is 445 g/mol. The Bertz CT molecular complexity index is 768. The second-order valence-electron chi connectivity index (χ2n) is 7.33. The molecule has 1 spiro atoms. The maximum absolute atomic E-state index is 13.0. The summed E-state index contributed by atoms with van der Waals surface area (Å²) in [5, 5.41) is 3.22. The quantitative estimate of drug-likeness (QED) is 0.750. The van der Waals surface area contributed by atoms with Crippen molar-refractivity contribution in [1.82, 2.24) is 9.29 Å². The summed E-state index contributed by atoms with van der Waals surface area (Å²) in [6.45, 7) is 0.964. The Labute approximate surface area is 162 Å². The Morgan fingerprint density at radius 3 is 2.54 bits per heavy atom. The van der Waals surface area contributed by atoms with Gasteiger partial charge in [0, 0.05) is 36.6 Å². The second kappa shape index (κ2) is 7.01. The van der Waals surface area contributed by atoms with E-state index in [2.05, 4.69) is 26.2 Å². The van der Waals surface area contributed by atoms with Crippen LogP contribution in [0.4, 0.5) is 5.82 Å². The van der Waals surface area contributed by atoms with E-state index in [9.17, 15) is 8.42 Å². The first-order chi connectivity index (χ1) is 12.4. The van der Waals surface area contributed by atoms with Crippen LogP contribution in [-0.4, -0.2) is 55.8 Å². The first-order valence-corrected chi connectivity index (χ1v) is 11.3. The van der Waals surface area contributed by atoms with Crippen LogP contribution >= 0.6 is 15.9 Å². The summed E-state index contributed by atoms with van der Waals surface area (Å²) in [6, 6.07) is 1.57. The van der Waals surface area contributed by atoms with Gasteiger partial charge in [0.2, 0.25) is 10.0 Å². The van der Waals surface area contributed by atoms with Crippen molar-refractivity contribution in [2.24, 2.45) is 0 Å². The molecule has 1 aliphatic heterocycles. The van der Waals surface area contributed by atoms with Gasteiger partial charge in [0.25, 0.3) is 0 Å². The SMILES string of the molecule is CN(C1CC1)S(=O)(=O)c1cc(Br)cnc1NC1COC2(CCCC2)OC1. The smallest absolute Gasteiger partial charge is 0.246 e. The van der Waals surface area contributed by atoms with Crippen LogP contribution in [0.2, 0.25) is 0 Å². The Kier molecular flexibility index (Phi) is 5.02. The highest BCUT2D eigenvalue weighted by molar-refractivity contribution is 9.10. The molecule has 0 radical (unpaired) electrons. The molecule has 0 aromatic carbocycles. The minimum absolute atomic E-state index is 0.0930. The summed E-state index contributed by atoms with van der Waals surface area (Å²) < 4.78 is 40.0. The molecule has 2 saturated carbocycles. The summed E-state index contributed by atoms with van der Waals surface area (Å²) >= 11 is 3.33. The summed E-state index contributed by atoms with van der Waals surface area (Å²) in [4.78, 5) is 4.50. The average Bonchev–Trinajstić information content (AvgIpc) is 3.38. The van der Waals surface area contributed by atoms with Crippen LogP contribution in [0.1, 0.15) is 38.5 Å². The van der Waals surface area contributed by atoms with Crippen molar-refractivity contribution in [3.63, 3.8) is 0 Å². The zero-order valence-electron chi connectivity index (χ0n) is 14.8. The molecule has 7 nitrogen and oxygen atoms in total. The molecular formula is C17H24BrN3O4S. The van der Waals surface area contributed by atoms with Crippen molar-refractivity contribution < 1.29 is 17.9 Å². The number of aromatic nitrogens is 1. The maximum Gasteiger partial charge on any atom is 0.246 e. The largest absolute Gasteiger partial charge is 0.362 e. The fourth-order valence-electron chi connectivity index (χ4n) is 3.59. The van der Waals surface area contributed by atoms with Gasteiger partial charge < -0.3 is 14.8 Å². The molecular weight excluding hydrogens is 422 g/mol. The van der Waals surface area contributed by atoms with E-state index in [-0.39, 0.29) is 17.0 Å². The van der Waals surface area contributed by atoms with Crippen molar-refractivity contribution in [3.8, 4) is 0 Å². The van der Waals surface area contributed by atoms with Crippen LogP contribution in [0.3, 0.4) is 0 Å². The lowest BCUT2D eigenvalue weighted by Crippen LogP contribution is -2.47. The third-order valence-electron chi connectivity index (χ3n) is 5.34. The fraction of sp³-hybridized carbons (Fsp3) is 0.706. The van der Waals surface area contributed by atoms with Crippen molar-refractivity contribution in [1.29, 1.82) is 0 Å². The molecule has 2 aliphatic carbocycles. The third kappa shape index (κ3) is 3.64. The highest BCUT2D eigenvalue weighted by atomic mass is 79.9. The van der Waals surface area contributed by atoms with Gasteiger partial charge in [0.1, 0.15) is 10.7 Å². The van der Waals surface area contributed by atoms with Crippen molar-refractivity contribution in [2.75, 3.05) is 25.6 Å². The molecule has 1 N–H and O–H groups in total. The van der Waals surface area contributed by atoms with Crippen LogP contribution in [0.15, 0.2) is 21.6 Å². The van der Waals surface area contributed by atoms with Crippen LogP contribution in [0.5, 0.6) is 0 Å². The average molecular weight is 446 g/mol. The lowest BCUT2D eigenvalue weighted by Gasteiger charge is -2.38. The molecule has 9 heteroatoms. The van der Waals surface area contributed by atoms with Crippen LogP contribution in [0, 0.1) is 0 Å². The van der Waals surface area contributed by atoms with Gasteiger partial charge in [-0.15, -0.1) is 0 Å². The number of hydrogen-bond donors (Lipinski definition) is 1. The van der Waals surface area contributed by atoms with Crippen LogP contribution in [-0.2, 0) is 19.5 Å². The van der Waals surface area contributed by atoms with Gasteiger partial charge in [-0.2, -0.15) is 4.31 Å². The van der Waals surface area contributed by atoms with Gasteiger partial charge in [0.05, 0.1) is 19.3 Å². The predicted molar refractivity (Wildman–Crippen MR) is 100 cm³/mol. The van der Waals surface area contributed by atoms with E-state index >= 15 is 0 Å². The molecule has 0 atom stereocenters. The molecule has 0 amide bonds. The van der Waals surface area contributed by atoms with Crippen LogP contribution < -0.4 is 5.32 Å². The van der Waals surface area contributed by atoms with Crippen molar-refractivity contribution in [2.45, 2.75) is 61.3 Å². The van der Waals surface area contributed by atoms with E-state index in [1.807, 2.05) is 0 Å². The molecule has 1 aromatic rings. The molecule has 4 rings (SSSR count). The number of pyridine rings is 1. The fourth-order valence-corrected chi connectivity index (χ4v) is 5.62. The summed E-state index contributed by atoms with van der Waals surface area (Å²) in [6.07, 6.45) is 7.54. The van der Waals surface area contributed by atoms with Crippen molar-refractivity contribution >= 4 is 31.8 Å². The molecule has 3 aliphatic rings. The number of halogens is 1. The van der Waals surface area contributed by atoms with Gasteiger partial charge in [-0.1, -0.05) is 0 Å². The van der Waals surface area contributed by atoms with Gasteiger partial charge in [-0.05, 0) is 47.7 Å². The number of sulfonamides is 1. The minimum atomic E-state index is -3.61. The Morgan fingerprint density at radius 2 is 1.92 bits per heavy atom. The van der Waals surface area contributed by atoms with E-state index in [1.54, 1.807) is 19.3 Å². The third-order valence-corrected chi connectivity index (χ3v) is 7.70. The number of rotatable bonds is 5. The molecule has 2 heterocycles. The normalized spacial score (nSPS) is 23.7. The zero-order valence-corrected chi connectivity index (χ0v) is 17.2. The van der Waals surface area contributed by atoms with Crippen molar-refractivity contribution in [3.05, 3.63) is 16.7 Å². The van der Waals surface area contributed by atoms with Gasteiger partial charge >= 0.3 is 0 Å². The van der Waals surface area contributed by atoms with Gasteiger partial charge in [0.15, 0.2) is 5.79 Å². The Hall–Kier alpha value is -0.740. The molecule has 1 saturated heterocycles. The maximum atomic E-state index is 13.0. The van der Waals surface area contributed by atoms with Crippen LogP contribution in [0.25, 0.3) is 0 Å². The molecule has 0 bridgehead atoms. The highest BCUT2D eigenvalue weighted by Gasteiger charge is 2.41. The minimum Gasteiger partial charge on any atom is -0.362 e. The van der Waals surface area contributed by atoms with E-state index in [0.717, 1.165) is 38.5 Å². The first kappa shape index (κ1) is 18.6. The number of hydrogen-bond acceptors (Lipinski definition) is 6. The highest BCUT2D eigenvalue weighted by Crippen LogP contribution is 2.37. The molecule has 3 fully saturated rings. The lowest BCUT2D eigenvalue weighted by molar-refractivity contribution is -0.265. The predicted octanol–water partition coefficient (Wildman–Crippen LogP) is 2.72. The molecule has 144 valence electrons. The standard InChI is InChI=1S/C17H24BrN3O4S/c1-21(14-4-5-14)26(22,23)15-8-12(18)9-19-16(15)20-13-10-24-17(25-11-13)6-2-3-7-17/h8-9,13-14H,2-7,10-11H2,1H3,(H,19,20). The van der Waals surface area contributed by atoms with E-state index in [4.69, 9.17) is 9.47 Å². The number of nitrogens with zero attached hydrogens (tertiary/aromatic N) is 2. The number of nitrogens with one attached hydrogen (secondary N) is 1. The number of anilines is 1.